The van der Waals surface area contributed by atoms with E-state index in [0.717, 1.165) is 23.9 Å². The van der Waals surface area contributed by atoms with Crippen molar-refractivity contribution in [1.29, 1.82) is 0 Å². The molecule has 2 aromatic heterocycles. The molecule has 0 saturated carbocycles. The first-order valence-corrected chi connectivity index (χ1v) is 10.8. The number of unbranched alkanes of at least 4 members (excludes halogenated alkanes) is 7. The molecule has 27 heavy (non-hydrogen) atoms. The fraction of sp³-hybridized carbons (Fsp3) is 0.476. The number of aromatic nitrogens is 3. The van der Waals surface area contributed by atoms with Crippen LogP contribution in [-0.2, 0) is 4.74 Å². The molecule has 0 fully saturated rings. The minimum atomic E-state index is -0.380. The van der Waals surface area contributed by atoms with Crippen LogP contribution in [0, 0.1) is 0 Å². The van der Waals surface area contributed by atoms with Gasteiger partial charge in [-0.1, -0.05) is 64.0 Å². The van der Waals surface area contributed by atoms with E-state index in [1.807, 2.05) is 29.6 Å². The zero-order valence-electron chi connectivity index (χ0n) is 15.9. The predicted molar refractivity (Wildman–Crippen MR) is 110 cm³/mol. The number of hydrogen-bond acceptors (Lipinski definition) is 5. The molecule has 144 valence electrons. The molecule has 0 aliphatic heterocycles. The van der Waals surface area contributed by atoms with Crippen molar-refractivity contribution in [2.24, 2.45) is 0 Å². The minimum absolute atomic E-state index is 0.380. The first-order valence-electron chi connectivity index (χ1n) is 9.84. The molecule has 0 atom stereocenters. The summed E-state index contributed by atoms with van der Waals surface area (Å²) in [6, 6.07) is 7.59. The van der Waals surface area contributed by atoms with Gasteiger partial charge in [0.2, 0.25) is 0 Å². The van der Waals surface area contributed by atoms with Gasteiger partial charge in [0, 0.05) is 5.38 Å². The van der Waals surface area contributed by atoms with Crippen LogP contribution in [0.15, 0.2) is 35.2 Å². The molecule has 6 heteroatoms. The number of benzene rings is 1. The van der Waals surface area contributed by atoms with Crippen LogP contribution in [-0.4, -0.2) is 27.2 Å². The van der Waals surface area contributed by atoms with Crippen LogP contribution < -0.4 is 0 Å². The number of rotatable bonds is 10. The molecule has 0 amide bonds. The van der Waals surface area contributed by atoms with Gasteiger partial charge >= 0.3 is 6.09 Å². The zero-order valence-corrected chi connectivity index (χ0v) is 16.7. The Bertz CT molecular complexity index is 842. The van der Waals surface area contributed by atoms with E-state index in [1.54, 1.807) is 5.51 Å². The highest BCUT2D eigenvalue weighted by Crippen LogP contribution is 2.25. The van der Waals surface area contributed by atoms with Crippen molar-refractivity contribution < 1.29 is 9.53 Å². The van der Waals surface area contributed by atoms with Gasteiger partial charge in [-0.05, 0) is 18.6 Å². The SMILES string of the molecule is CCCCCCCCCCOC(=O)n1c(-c2cscn2)nc2ccccc21. The lowest BCUT2D eigenvalue weighted by atomic mass is 10.1. The lowest BCUT2D eigenvalue weighted by Gasteiger charge is -2.08. The molecule has 0 saturated heterocycles. The maximum atomic E-state index is 12.7. The average molecular weight is 386 g/mol. The summed E-state index contributed by atoms with van der Waals surface area (Å²) < 4.78 is 7.07. The van der Waals surface area contributed by atoms with E-state index >= 15 is 0 Å². The molecule has 5 nitrogen and oxygen atoms in total. The van der Waals surface area contributed by atoms with Crippen LogP contribution in [0.3, 0.4) is 0 Å². The number of ether oxygens (including phenoxy) is 1. The van der Waals surface area contributed by atoms with E-state index in [-0.39, 0.29) is 6.09 Å². The Balaban J connectivity index is 1.55. The van der Waals surface area contributed by atoms with Gasteiger partial charge in [0.15, 0.2) is 5.82 Å². The van der Waals surface area contributed by atoms with Crippen LogP contribution in [0.25, 0.3) is 22.6 Å². The molecule has 2 heterocycles. The van der Waals surface area contributed by atoms with E-state index in [4.69, 9.17) is 4.74 Å². The molecule has 3 aromatic rings. The standard InChI is InChI=1S/C21H27N3O2S/c1-2-3-4-5-6-7-8-11-14-26-21(25)24-19-13-10-9-12-17(19)23-20(24)18-15-27-16-22-18/h9-10,12-13,15-16H,2-8,11,14H2,1H3. The normalized spacial score (nSPS) is 11.1. The Morgan fingerprint density at radius 1 is 1.07 bits per heavy atom. The monoisotopic (exact) mass is 385 g/mol. The molecule has 0 N–H and O–H groups in total. The quantitative estimate of drug-likeness (QED) is 0.385. The van der Waals surface area contributed by atoms with Crippen LogP contribution >= 0.6 is 11.3 Å². The summed E-state index contributed by atoms with van der Waals surface area (Å²) in [6.45, 7) is 2.68. The van der Waals surface area contributed by atoms with E-state index in [2.05, 4.69) is 16.9 Å². The second-order valence-corrected chi connectivity index (χ2v) is 7.44. The topological polar surface area (TPSA) is 57.0 Å². The van der Waals surface area contributed by atoms with E-state index in [0.29, 0.717) is 18.1 Å². The van der Waals surface area contributed by atoms with Crippen LogP contribution in [0.5, 0.6) is 0 Å². The third kappa shape index (κ3) is 5.16. The lowest BCUT2D eigenvalue weighted by molar-refractivity contribution is 0.147. The van der Waals surface area contributed by atoms with Gasteiger partial charge in [-0.15, -0.1) is 11.3 Å². The van der Waals surface area contributed by atoms with Crippen molar-refractivity contribution in [3.8, 4) is 11.5 Å². The summed E-state index contributed by atoms with van der Waals surface area (Å²) in [7, 11) is 0. The number of hydrogen-bond donors (Lipinski definition) is 0. The van der Waals surface area contributed by atoms with Gasteiger partial charge in [0.05, 0.1) is 23.2 Å². The molecule has 3 rings (SSSR count). The first-order chi connectivity index (χ1) is 13.3. The van der Waals surface area contributed by atoms with Crippen molar-refractivity contribution >= 4 is 28.5 Å². The number of carbonyl (C=O) groups excluding carboxylic acids is 1. The lowest BCUT2D eigenvalue weighted by Crippen LogP contribution is -2.15. The summed E-state index contributed by atoms with van der Waals surface area (Å²) in [6.07, 6.45) is 9.35. The highest BCUT2D eigenvalue weighted by molar-refractivity contribution is 7.07. The summed E-state index contributed by atoms with van der Waals surface area (Å²) in [5, 5.41) is 1.89. The van der Waals surface area contributed by atoms with Crippen LogP contribution in [0.4, 0.5) is 4.79 Å². The molecule has 0 unspecified atom stereocenters. The number of nitrogens with zero attached hydrogens (tertiary/aromatic N) is 3. The smallest absolute Gasteiger partial charge is 0.420 e. The molecule has 0 aliphatic rings. The van der Waals surface area contributed by atoms with Gasteiger partial charge in [0.25, 0.3) is 0 Å². The van der Waals surface area contributed by atoms with Crippen molar-refractivity contribution in [2.45, 2.75) is 58.3 Å². The molecule has 0 spiro atoms. The van der Waals surface area contributed by atoms with Crippen molar-refractivity contribution in [3.63, 3.8) is 0 Å². The number of imidazole rings is 1. The summed E-state index contributed by atoms with van der Waals surface area (Å²) in [5.74, 6) is 0.540. The molecular weight excluding hydrogens is 358 g/mol. The fourth-order valence-electron chi connectivity index (χ4n) is 3.17. The third-order valence-corrected chi connectivity index (χ3v) is 5.21. The Morgan fingerprint density at radius 3 is 2.56 bits per heavy atom. The third-order valence-electron chi connectivity index (χ3n) is 4.63. The maximum Gasteiger partial charge on any atom is 0.420 e. The minimum Gasteiger partial charge on any atom is -0.449 e. The molecule has 1 aromatic carbocycles. The molecule has 0 radical (unpaired) electrons. The Hall–Kier alpha value is -2.21. The maximum absolute atomic E-state index is 12.7. The molecular formula is C21H27N3O2S. The van der Waals surface area contributed by atoms with Gasteiger partial charge in [-0.25, -0.2) is 19.3 Å². The van der Waals surface area contributed by atoms with Gasteiger partial charge in [0.1, 0.15) is 5.69 Å². The zero-order chi connectivity index (χ0) is 18.9. The second-order valence-electron chi connectivity index (χ2n) is 6.72. The fourth-order valence-corrected chi connectivity index (χ4v) is 3.70. The summed E-state index contributed by atoms with van der Waals surface area (Å²) >= 11 is 1.48. The van der Waals surface area contributed by atoms with E-state index in [1.165, 1.54) is 54.4 Å². The highest BCUT2D eigenvalue weighted by Gasteiger charge is 2.20. The largest absolute Gasteiger partial charge is 0.449 e. The predicted octanol–water partition coefficient (Wildman–Crippen LogP) is 6.29. The van der Waals surface area contributed by atoms with E-state index in [9.17, 15) is 4.79 Å². The summed E-state index contributed by atoms with van der Waals surface area (Å²) in [5.41, 5.74) is 3.95. The number of para-hydroxylation sites is 2. The number of thiazole rings is 1. The van der Waals surface area contributed by atoms with Crippen LogP contribution in [0.1, 0.15) is 58.3 Å². The van der Waals surface area contributed by atoms with Gasteiger partial charge in [-0.3, -0.25) is 0 Å². The first kappa shape index (κ1) is 19.5. The molecule has 0 bridgehead atoms. The Labute approximate surface area is 164 Å². The van der Waals surface area contributed by atoms with Crippen molar-refractivity contribution in [3.05, 3.63) is 35.2 Å². The van der Waals surface area contributed by atoms with Crippen molar-refractivity contribution in [1.82, 2.24) is 14.5 Å². The molecule has 0 aliphatic carbocycles. The second kappa shape index (κ2) is 10.2. The number of fused-ring (bicyclic) bond motifs is 1. The Morgan fingerprint density at radius 2 is 1.81 bits per heavy atom. The number of carbonyl (C=O) groups is 1. The Kier molecular flexibility index (Phi) is 7.39. The summed E-state index contributed by atoms with van der Waals surface area (Å²) in [4.78, 5) is 21.6. The van der Waals surface area contributed by atoms with Gasteiger partial charge in [-0.2, -0.15) is 0 Å². The van der Waals surface area contributed by atoms with E-state index < -0.39 is 0 Å². The van der Waals surface area contributed by atoms with Crippen molar-refractivity contribution in [2.75, 3.05) is 6.61 Å². The average Bonchev–Trinajstić information content (AvgIpc) is 3.33. The highest BCUT2D eigenvalue weighted by atomic mass is 32.1. The van der Waals surface area contributed by atoms with Crippen LogP contribution in [0.2, 0.25) is 0 Å². The van der Waals surface area contributed by atoms with Gasteiger partial charge < -0.3 is 4.74 Å².